The Balaban J connectivity index is 2.27. The molecule has 0 bridgehead atoms. The van der Waals surface area contributed by atoms with Crippen LogP contribution in [0.1, 0.15) is 17.8 Å². The van der Waals surface area contributed by atoms with Gasteiger partial charge in [0.15, 0.2) is 0 Å². The molecule has 5 heteroatoms. The summed E-state index contributed by atoms with van der Waals surface area (Å²) in [6, 6.07) is 7.88. The standard InChI is InChI=1S/C12H14ClN3S/c1-8(10-4-3-5-17-10)16(2)12-7-9(14)6-11(13)15-12/h3-8H,1-2H3,(H2,14,15). The Morgan fingerprint density at radius 2 is 2.24 bits per heavy atom. The number of rotatable bonds is 3. The zero-order chi connectivity index (χ0) is 12.4. The van der Waals surface area contributed by atoms with Crippen molar-refractivity contribution in [3.63, 3.8) is 0 Å². The Kier molecular flexibility index (Phi) is 3.54. The first-order valence-electron chi connectivity index (χ1n) is 5.27. The van der Waals surface area contributed by atoms with Crippen molar-refractivity contribution in [2.24, 2.45) is 0 Å². The first kappa shape index (κ1) is 12.2. The molecule has 0 amide bonds. The van der Waals surface area contributed by atoms with Crippen molar-refractivity contribution >= 4 is 34.4 Å². The van der Waals surface area contributed by atoms with E-state index in [1.54, 1.807) is 17.4 Å². The van der Waals surface area contributed by atoms with Crippen LogP contribution in [-0.2, 0) is 0 Å². The van der Waals surface area contributed by atoms with Crippen LogP contribution >= 0.6 is 22.9 Å². The van der Waals surface area contributed by atoms with Gasteiger partial charge < -0.3 is 10.6 Å². The summed E-state index contributed by atoms with van der Waals surface area (Å²) in [4.78, 5) is 7.63. The fourth-order valence-electron chi connectivity index (χ4n) is 1.60. The summed E-state index contributed by atoms with van der Waals surface area (Å²) in [5, 5.41) is 2.49. The lowest BCUT2D eigenvalue weighted by Gasteiger charge is -2.25. The van der Waals surface area contributed by atoms with E-state index in [0.717, 1.165) is 5.82 Å². The Hall–Kier alpha value is -1.26. The van der Waals surface area contributed by atoms with E-state index in [2.05, 4.69) is 28.3 Å². The largest absolute Gasteiger partial charge is 0.399 e. The number of thiophene rings is 1. The molecule has 0 fully saturated rings. The molecule has 0 saturated carbocycles. The van der Waals surface area contributed by atoms with E-state index < -0.39 is 0 Å². The number of nitrogen functional groups attached to an aromatic ring is 1. The highest BCUT2D eigenvalue weighted by Crippen LogP contribution is 2.28. The molecule has 17 heavy (non-hydrogen) atoms. The second-order valence-corrected chi connectivity index (χ2v) is 5.25. The highest BCUT2D eigenvalue weighted by molar-refractivity contribution is 7.10. The monoisotopic (exact) mass is 267 g/mol. The maximum absolute atomic E-state index is 5.91. The van der Waals surface area contributed by atoms with Crippen molar-refractivity contribution in [2.75, 3.05) is 17.7 Å². The molecular formula is C12H14ClN3S. The third-order valence-electron chi connectivity index (χ3n) is 2.70. The minimum atomic E-state index is 0.250. The van der Waals surface area contributed by atoms with Crippen LogP contribution in [0.4, 0.5) is 11.5 Å². The van der Waals surface area contributed by atoms with Gasteiger partial charge in [0.1, 0.15) is 11.0 Å². The van der Waals surface area contributed by atoms with Crippen LogP contribution in [0, 0.1) is 0 Å². The van der Waals surface area contributed by atoms with Gasteiger partial charge in [-0.2, -0.15) is 0 Å². The summed E-state index contributed by atoms with van der Waals surface area (Å²) in [6.07, 6.45) is 0. The van der Waals surface area contributed by atoms with Gasteiger partial charge in [-0.3, -0.25) is 0 Å². The molecule has 3 nitrogen and oxygen atoms in total. The normalized spacial score (nSPS) is 12.4. The van der Waals surface area contributed by atoms with Crippen molar-refractivity contribution in [1.82, 2.24) is 4.98 Å². The van der Waals surface area contributed by atoms with E-state index in [0.29, 0.717) is 10.8 Å². The molecule has 1 unspecified atom stereocenters. The number of pyridine rings is 1. The topological polar surface area (TPSA) is 42.1 Å². The number of nitrogens with zero attached hydrogens (tertiary/aromatic N) is 2. The van der Waals surface area contributed by atoms with Crippen LogP contribution in [0.25, 0.3) is 0 Å². The highest BCUT2D eigenvalue weighted by Gasteiger charge is 2.14. The zero-order valence-corrected chi connectivity index (χ0v) is 11.3. The van der Waals surface area contributed by atoms with Gasteiger partial charge in [-0.05, 0) is 24.4 Å². The quantitative estimate of drug-likeness (QED) is 0.865. The smallest absolute Gasteiger partial charge is 0.133 e. The molecule has 1 atom stereocenters. The SMILES string of the molecule is CC(c1cccs1)N(C)c1cc(N)cc(Cl)n1. The van der Waals surface area contributed by atoms with E-state index in [9.17, 15) is 0 Å². The van der Waals surface area contributed by atoms with Crippen molar-refractivity contribution < 1.29 is 0 Å². The van der Waals surface area contributed by atoms with Crippen LogP contribution in [0.2, 0.25) is 5.15 Å². The molecule has 2 heterocycles. The molecular weight excluding hydrogens is 254 g/mol. The lowest BCUT2D eigenvalue weighted by Crippen LogP contribution is -2.22. The molecule has 2 aromatic heterocycles. The Morgan fingerprint density at radius 1 is 1.47 bits per heavy atom. The van der Waals surface area contributed by atoms with E-state index in [4.69, 9.17) is 17.3 Å². The van der Waals surface area contributed by atoms with Gasteiger partial charge in [0, 0.05) is 23.7 Å². The maximum Gasteiger partial charge on any atom is 0.133 e. The predicted octanol–water partition coefficient (Wildman–Crippen LogP) is 3.58. The second kappa shape index (κ2) is 4.94. The molecule has 90 valence electrons. The average molecular weight is 268 g/mol. The Labute approximate surface area is 110 Å². The average Bonchev–Trinajstić information content (AvgIpc) is 2.79. The summed E-state index contributed by atoms with van der Waals surface area (Å²) < 4.78 is 0. The fraction of sp³-hybridized carbons (Fsp3) is 0.250. The van der Waals surface area contributed by atoms with Crippen molar-refractivity contribution in [1.29, 1.82) is 0 Å². The van der Waals surface area contributed by atoms with Gasteiger partial charge >= 0.3 is 0 Å². The molecule has 0 aliphatic rings. The number of aromatic nitrogens is 1. The molecule has 0 aromatic carbocycles. The highest BCUT2D eigenvalue weighted by atomic mass is 35.5. The summed E-state index contributed by atoms with van der Waals surface area (Å²) in [5.41, 5.74) is 6.40. The van der Waals surface area contributed by atoms with Crippen molar-refractivity contribution in [3.05, 3.63) is 39.7 Å². The molecule has 0 spiro atoms. The minimum absolute atomic E-state index is 0.250. The molecule has 0 saturated heterocycles. The summed E-state index contributed by atoms with van der Waals surface area (Å²) in [5.74, 6) is 0.788. The lowest BCUT2D eigenvalue weighted by atomic mass is 10.2. The Morgan fingerprint density at radius 3 is 2.82 bits per heavy atom. The molecule has 0 radical (unpaired) electrons. The summed E-state index contributed by atoms with van der Waals surface area (Å²) >= 11 is 7.64. The van der Waals surface area contributed by atoms with E-state index in [-0.39, 0.29) is 6.04 Å². The van der Waals surface area contributed by atoms with E-state index >= 15 is 0 Å². The first-order valence-corrected chi connectivity index (χ1v) is 6.53. The zero-order valence-electron chi connectivity index (χ0n) is 9.72. The van der Waals surface area contributed by atoms with Crippen LogP contribution in [0.5, 0.6) is 0 Å². The molecule has 0 aliphatic heterocycles. The molecule has 2 N–H and O–H groups in total. The van der Waals surface area contributed by atoms with E-state index in [1.807, 2.05) is 19.2 Å². The molecule has 2 rings (SSSR count). The number of nitrogens with two attached hydrogens (primary N) is 1. The second-order valence-electron chi connectivity index (χ2n) is 3.88. The van der Waals surface area contributed by atoms with Crippen LogP contribution in [0.3, 0.4) is 0 Å². The van der Waals surface area contributed by atoms with Crippen molar-refractivity contribution in [3.8, 4) is 0 Å². The van der Waals surface area contributed by atoms with Gasteiger partial charge in [0.2, 0.25) is 0 Å². The van der Waals surface area contributed by atoms with Crippen LogP contribution in [-0.4, -0.2) is 12.0 Å². The van der Waals surface area contributed by atoms with Crippen LogP contribution in [0.15, 0.2) is 29.6 Å². The molecule has 0 aliphatic carbocycles. The predicted molar refractivity (Wildman–Crippen MR) is 74.8 cm³/mol. The Bertz CT molecular complexity index is 478. The van der Waals surface area contributed by atoms with Gasteiger partial charge in [0.25, 0.3) is 0 Å². The summed E-state index contributed by atoms with van der Waals surface area (Å²) in [6.45, 7) is 2.13. The number of hydrogen-bond acceptors (Lipinski definition) is 4. The van der Waals surface area contributed by atoms with Gasteiger partial charge in [-0.1, -0.05) is 17.7 Å². The fourth-order valence-corrected chi connectivity index (χ4v) is 2.64. The first-order chi connectivity index (χ1) is 8.08. The number of anilines is 2. The van der Waals surface area contributed by atoms with Gasteiger partial charge in [-0.15, -0.1) is 11.3 Å². The van der Waals surface area contributed by atoms with Gasteiger partial charge in [-0.25, -0.2) is 4.98 Å². The van der Waals surface area contributed by atoms with Gasteiger partial charge in [0.05, 0.1) is 6.04 Å². The third-order valence-corrected chi connectivity index (χ3v) is 3.94. The third kappa shape index (κ3) is 2.70. The maximum atomic E-state index is 5.91. The van der Waals surface area contributed by atoms with Crippen molar-refractivity contribution in [2.45, 2.75) is 13.0 Å². The van der Waals surface area contributed by atoms with Crippen LogP contribution < -0.4 is 10.6 Å². The summed E-state index contributed by atoms with van der Waals surface area (Å²) in [7, 11) is 1.99. The van der Waals surface area contributed by atoms with E-state index in [1.165, 1.54) is 4.88 Å². The number of halogens is 1. The minimum Gasteiger partial charge on any atom is -0.399 e. The molecule has 2 aromatic rings. The number of hydrogen-bond donors (Lipinski definition) is 1. The lowest BCUT2D eigenvalue weighted by molar-refractivity contribution is 0.742.